The van der Waals surface area contributed by atoms with Crippen molar-refractivity contribution in [1.82, 2.24) is 5.32 Å². The minimum Gasteiger partial charge on any atom is -0.455 e. The van der Waals surface area contributed by atoms with Gasteiger partial charge in [-0.1, -0.05) is 38.0 Å². The molecular weight excluding hydrogens is 302 g/mol. The molecule has 130 valence electrons. The molecule has 0 radical (unpaired) electrons. The van der Waals surface area contributed by atoms with Gasteiger partial charge >= 0.3 is 5.97 Å². The Bertz CT molecular complexity index is 611. The molecule has 2 aliphatic carbocycles. The molecular formula is C20H27NO3. The SMILES string of the molecule is C[C@H]1CCCC[C@@H]1NC(=O)COC(=O)Cc1ccc2c(c1)CCC2. The molecule has 1 N–H and O–H groups in total. The number of carbonyl (C=O) groups excluding carboxylic acids is 2. The third-order valence-corrected chi connectivity index (χ3v) is 5.33. The Morgan fingerprint density at radius 3 is 2.75 bits per heavy atom. The van der Waals surface area contributed by atoms with E-state index in [1.807, 2.05) is 6.07 Å². The largest absolute Gasteiger partial charge is 0.455 e. The summed E-state index contributed by atoms with van der Waals surface area (Å²) in [7, 11) is 0. The Morgan fingerprint density at radius 1 is 1.12 bits per heavy atom. The fraction of sp³-hybridized carbons (Fsp3) is 0.600. The van der Waals surface area contributed by atoms with Crippen molar-refractivity contribution in [2.24, 2.45) is 5.92 Å². The molecule has 4 nitrogen and oxygen atoms in total. The number of aryl methyl sites for hydroxylation is 2. The first-order valence-corrected chi connectivity index (χ1v) is 9.17. The molecule has 1 saturated carbocycles. The van der Waals surface area contributed by atoms with Gasteiger partial charge in [-0.25, -0.2) is 0 Å². The van der Waals surface area contributed by atoms with Crippen molar-refractivity contribution in [3.63, 3.8) is 0 Å². The lowest BCUT2D eigenvalue weighted by Crippen LogP contribution is -2.42. The third-order valence-electron chi connectivity index (χ3n) is 5.33. The molecule has 24 heavy (non-hydrogen) atoms. The van der Waals surface area contributed by atoms with Gasteiger partial charge in [0.1, 0.15) is 0 Å². The van der Waals surface area contributed by atoms with Crippen LogP contribution in [0.1, 0.15) is 55.7 Å². The molecule has 2 aliphatic rings. The summed E-state index contributed by atoms with van der Waals surface area (Å²) in [6, 6.07) is 6.44. The van der Waals surface area contributed by atoms with E-state index in [0.717, 1.165) is 37.7 Å². The Kier molecular flexibility index (Phi) is 5.54. The van der Waals surface area contributed by atoms with E-state index in [1.165, 1.54) is 24.0 Å². The van der Waals surface area contributed by atoms with Crippen molar-refractivity contribution in [2.75, 3.05) is 6.61 Å². The smallest absolute Gasteiger partial charge is 0.310 e. The number of benzene rings is 1. The molecule has 0 unspecified atom stereocenters. The Morgan fingerprint density at radius 2 is 1.92 bits per heavy atom. The zero-order valence-corrected chi connectivity index (χ0v) is 14.5. The molecule has 3 rings (SSSR count). The van der Waals surface area contributed by atoms with Crippen molar-refractivity contribution in [3.05, 3.63) is 34.9 Å². The van der Waals surface area contributed by atoms with Crippen LogP contribution in [0, 0.1) is 5.92 Å². The number of nitrogens with one attached hydrogen (secondary N) is 1. The summed E-state index contributed by atoms with van der Waals surface area (Å²) < 4.78 is 5.15. The average molecular weight is 329 g/mol. The molecule has 1 aromatic carbocycles. The van der Waals surface area contributed by atoms with Crippen molar-refractivity contribution < 1.29 is 14.3 Å². The average Bonchev–Trinajstić information content (AvgIpc) is 3.03. The van der Waals surface area contributed by atoms with Gasteiger partial charge in [0, 0.05) is 6.04 Å². The minimum absolute atomic E-state index is 0.174. The van der Waals surface area contributed by atoms with Crippen LogP contribution in [-0.4, -0.2) is 24.5 Å². The summed E-state index contributed by atoms with van der Waals surface area (Å²) in [5.74, 6) is -0.0133. The summed E-state index contributed by atoms with van der Waals surface area (Å²) in [5, 5.41) is 3.01. The lowest BCUT2D eigenvalue weighted by molar-refractivity contribution is -0.148. The van der Waals surface area contributed by atoms with E-state index >= 15 is 0 Å². The number of carbonyl (C=O) groups is 2. The summed E-state index contributed by atoms with van der Waals surface area (Å²) >= 11 is 0. The highest BCUT2D eigenvalue weighted by Gasteiger charge is 2.23. The van der Waals surface area contributed by atoms with Gasteiger partial charge in [0.15, 0.2) is 6.61 Å². The van der Waals surface area contributed by atoms with Gasteiger partial charge in [-0.2, -0.15) is 0 Å². The van der Waals surface area contributed by atoms with Gasteiger partial charge in [-0.3, -0.25) is 9.59 Å². The standard InChI is InChI=1S/C20H27NO3/c1-14-5-2-3-8-18(14)21-19(22)13-24-20(23)12-15-9-10-16-6-4-7-17(16)11-15/h9-11,14,18H,2-8,12-13H2,1H3,(H,21,22)/t14-,18-/m0/s1. The molecule has 0 heterocycles. The maximum absolute atomic E-state index is 12.0. The summed E-state index contributed by atoms with van der Waals surface area (Å²) in [6.07, 6.45) is 8.25. The fourth-order valence-corrected chi connectivity index (χ4v) is 3.88. The maximum atomic E-state index is 12.0. The van der Waals surface area contributed by atoms with E-state index in [0.29, 0.717) is 5.92 Å². The zero-order chi connectivity index (χ0) is 16.9. The number of esters is 1. The predicted molar refractivity (Wildman–Crippen MR) is 92.7 cm³/mol. The summed E-state index contributed by atoms with van der Waals surface area (Å²) in [4.78, 5) is 24.0. The van der Waals surface area contributed by atoms with Crippen LogP contribution in [0.3, 0.4) is 0 Å². The zero-order valence-electron chi connectivity index (χ0n) is 14.5. The van der Waals surface area contributed by atoms with Gasteiger partial charge in [0.05, 0.1) is 6.42 Å². The van der Waals surface area contributed by atoms with E-state index in [2.05, 4.69) is 24.4 Å². The molecule has 0 bridgehead atoms. The highest BCUT2D eigenvalue weighted by atomic mass is 16.5. The monoisotopic (exact) mass is 329 g/mol. The number of fused-ring (bicyclic) bond motifs is 1. The van der Waals surface area contributed by atoms with Crippen molar-refractivity contribution in [1.29, 1.82) is 0 Å². The molecule has 0 aromatic heterocycles. The highest BCUT2D eigenvalue weighted by Crippen LogP contribution is 2.24. The van der Waals surface area contributed by atoms with E-state index in [4.69, 9.17) is 4.74 Å². The van der Waals surface area contributed by atoms with Crippen LogP contribution in [0.15, 0.2) is 18.2 Å². The number of amides is 1. The molecule has 0 aliphatic heterocycles. The van der Waals surface area contributed by atoms with Crippen LogP contribution in [0.4, 0.5) is 0 Å². The number of ether oxygens (including phenoxy) is 1. The first kappa shape index (κ1) is 17.0. The number of rotatable bonds is 5. The topological polar surface area (TPSA) is 55.4 Å². The predicted octanol–water partition coefficient (Wildman–Crippen LogP) is 2.96. The normalized spacial score (nSPS) is 22.7. The van der Waals surface area contributed by atoms with Gasteiger partial charge in [-0.15, -0.1) is 0 Å². The van der Waals surface area contributed by atoms with Gasteiger partial charge < -0.3 is 10.1 Å². The van der Waals surface area contributed by atoms with Crippen molar-refractivity contribution in [3.8, 4) is 0 Å². The van der Waals surface area contributed by atoms with Crippen LogP contribution in [0.2, 0.25) is 0 Å². The van der Waals surface area contributed by atoms with E-state index in [9.17, 15) is 9.59 Å². The van der Waals surface area contributed by atoms with Gasteiger partial charge in [-0.05, 0) is 54.7 Å². The van der Waals surface area contributed by atoms with Gasteiger partial charge in [0.2, 0.25) is 0 Å². The molecule has 1 amide bonds. The highest BCUT2D eigenvalue weighted by molar-refractivity contribution is 5.81. The van der Waals surface area contributed by atoms with Crippen molar-refractivity contribution in [2.45, 2.75) is 64.3 Å². The quantitative estimate of drug-likeness (QED) is 0.845. The molecule has 1 aromatic rings. The van der Waals surface area contributed by atoms with Crippen LogP contribution in [0.25, 0.3) is 0 Å². The Labute approximate surface area is 144 Å². The van der Waals surface area contributed by atoms with Crippen molar-refractivity contribution >= 4 is 11.9 Å². The first-order valence-electron chi connectivity index (χ1n) is 9.17. The second kappa shape index (κ2) is 7.82. The van der Waals surface area contributed by atoms with Crippen LogP contribution in [-0.2, 0) is 33.6 Å². The van der Waals surface area contributed by atoms with Gasteiger partial charge in [0.25, 0.3) is 5.91 Å². The minimum atomic E-state index is -0.334. The molecule has 1 fully saturated rings. The Hall–Kier alpha value is -1.84. The molecule has 0 spiro atoms. The summed E-state index contributed by atoms with van der Waals surface area (Å²) in [6.45, 7) is 2.00. The summed E-state index contributed by atoms with van der Waals surface area (Å²) in [5.41, 5.74) is 3.72. The van der Waals surface area contributed by atoms with E-state index in [-0.39, 0.29) is 30.9 Å². The van der Waals surface area contributed by atoms with Crippen LogP contribution >= 0.6 is 0 Å². The molecule has 4 heteroatoms. The molecule has 2 atom stereocenters. The first-order chi connectivity index (χ1) is 11.6. The second-order valence-corrected chi connectivity index (χ2v) is 7.23. The second-order valence-electron chi connectivity index (χ2n) is 7.23. The molecule has 0 saturated heterocycles. The lowest BCUT2D eigenvalue weighted by Gasteiger charge is -2.29. The fourth-order valence-electron chi connectivity index (χ4n) is 3.88. The van der Waals surface area contributed by atoms with E-state index < -0.39 is 0 Å². The van der Waals surface area contributed by atoms with Crippen LogP contribution in [0.5, 0.6) is 0 Å². The third kappa shape index (κ3) is 4.37. The Balaban J connectivity index is 1.42. The number of hydrogen-bond donors (Lipinski definition) is 1. The van der Waals surface area contributed by atoms with Crippen LogP contribution < -0.4 is 5.32 Å². The lowest BCUT2D eigenvalue weighted by atomic mass is 9.86. The maximum Gasteiger partial charge on any atom is 0.310 e. The number of hydrogen-bond acceptors (Lipinski definition) is 3. The van der Waals surface area contributed by atoms with E-state index in [1.54, 1.807) is 0 Å².